The van der Waals surface area contributed by atoms with Crippen LogP contribution in [0.15, 0.2) is 30.1 Å². The summed E-state index contributed by atoms with van der Waals surface area (Å²) in [6.45, 7) is 5.69. The fraction of sp³-hybridized carbons (Fsp3) is 0.615. The molecule has 6 heteroatoms. The molecule has 0 aromatic carbocycles. The van der Waals surface area contributed by atoms with Crippen LogP contribution in [0.25, 0.3) is 0 Å². The molecule has 1 aliphatic carbocycles. The Labute approximate surface area is 113 Å². The standard InChI is InChI=1S/C13H20N6/c1-2-12(4-7-18-8-5-14-6-9-18)10-13(3-1)19-11-15-16-17-19/h1-2,10-11,13-14H,3-9H2. The molecule has 6 nitrogen and oxygen atoms in total. The zero-order valence-corrected chi connectivity index (χ0v) is 11.1. The normalized spacial score (nSPS) is 24.4. The molecule has 0 spiro atoms. The van der Waals surface area contributed by atoms with Crippen LogP contribution in [-0.4, -0.2) is 57.8 Å². The second-order valence-corrected chi connectivity index (χ2v) is 5.08. The Morgan fingerprint density at radius 1 is 1.32 bits per heavy atom. The van der Waals surface area contributed by atoms with Crippen molar-refractivity contribution < 1.29 is 0 Å². The largest absolute Gasteiger partial charge is 0.314 e. The molecule has 0 saturated carbocycles. The maximum atomic E-state index is 3.98. The molecule has 2 aliphatic rings. The minimum atomic E-state index is 0.276. The Bertz CT molecular complexity index is 444. The molecular weight excluding hydrogens is 240 g/mol. The van der Waals surface area contributed by atoms with Gasteiger partial charge in [-0.2, -0.15) is 0 Å². The molecule has 1 N–H and O–H groups in total. The number of tetrazole rings is 1. The van der Waals surface area contributed by atoms with Crippen molar-refractivity contribution in [3.05, 3.63) is 30.1 Å². The van der Waals surface area contributed by atoms with Crippen LogP contribution < -0.4 is 5.32 Å². The van der Waals surface area contributed by atoms with Crippen molar-refractivity contribution >= 4 is 0 Å². The molecule has 19 heavy (non-hydrogen) atoms. The van der Waals surface area contributed by atoms with Crippen LogP contribution >= 0.6 is 0 Å². The van der Waals surface area contributed by atoms with Crippen LogP contribution in [0.4, 0.5) is 0 Å². The monoisotopic (exact) mass is 260 g/mol. The Balaban J connectivity index is 1.56. The maximum absolute atomic E-state index is 3.98. The molecule has 1 aromatic rings. The minimum absolute atomic E-state index is 0.276. The summed E-state index contributed by atoms with van der Waals surface area (Å²) in [7, 11) is 0. The van der Waals surface area contributed by atoms with Crippen molar-refractivity contribution in [2.45, 2.75) is 18.9 Å². The molecule has 0 amide bonds. The molecule has 1 fully saturated rings. The Morgan fingerprint density at radius 3 is 3.00 bits per heavy atom. The number of piperazine rings is 1. The van der Waals surface area contributed by atoms with Gasteiger partial charge in [0.05, 0.1) is 6.04 Å². The van der Waals surface area contributed by atoms with Crippen LogP contribution in [-0.2, 0) is 0 Å². The first-order valence-electron chi connectivity index (χ1n) is 6.94. The topological polar surface area (TPSA) is 58.9 Å². The Kier molecular flexibility index (Phi) is 4.00. The van der Waals surface area contributed by atoms with Crippen LogP contribution in [0.1, 0.15) is 18.9 Å². The molecule has 0 bridgehead atoms. The van der Waals surface area contributed by atoms with E-state index in [0.29, 0.717) is 0 Å². The highest BCUT2D eigenvalue weighted by atomic mass is 15.5. The van der Waals surface area contributed by atoms with Gasteiger partial charge in [0, 0.05) is 32.7 Å². The summed E-state index contributed by atoms with van der Waals surface area (Å²) in [5, 5.41) is 14.8. The highest BCUT2D eigenvalue weighted by Gasteiger charge is 2.14. The van der Waals surface area contributed by atoms with E-state index in [9.17, 15) is 0 Å². The molecule has 1 atom stereocenters. The van der Waals surface area contributed by atoms with E-state index in [-0.39, 0.29) is 6.04 Å². The van der Waals surface area contributed by atoms with E-state index in [2.05, 4.69) is 44.0 Å². The first kappa shape index (κ1) is 12.5. The highest BCUT2D eigenvalue weighted by molar-refractivity contribution is 5.25. The maximum Gasteiger partial charge on any atom is 0.138 e. The van der Waals surface area contributed by atoms with Gasteiger partial charge in [-0.1, -0.05) is 18.2 Å². The molecule has 1 aliphatic heterocycles. The number of nitrogens with zero attached hydrogens (tertiary/aromatic N) is 5. The van der Waals surface area contributed by atoms with Crippen molar-refractivity contribution in [3.63, 3.8) is 0 Å². The van der Waals surface area contributed by atoms with Gasteiger partial charge in [0.2, 0.25) is 0 Å². The number of nitrogens with one attached hydrogen (secondary N) is 1. The molecular formula is C13H20N6. The first-order chi connectivity index (χ1) is 9.42. The predicted octanol–water partition coefficient (Wildman–Crippen LogP) is 0.396. The van der Waals surface area contributed by atoms with E-state index in [1.165, 1.54) is 5.57 Å². The van der Waals surface area contributed by atoms with Gasteiger partial charge in [0.25, 0.3) is 0 Å². The Hall–Kier alpha value is -1.53. The zero-order valence-electron chi connectivity index (χ0n) is 11.1. The van der Waals surface area contributed by atoms with E-state index in [1.807, 2.05) is 4.68 Å². The van der Waals surface area contributed by atoms with Gasteiger partial charge in [0.1, 0.15) is 6.33 Å². The number of rotatable bonds is 4. The molecule has 2 heterocycles. The summed E-state index contributed by atoms with van der Waals surface area (Å²) >= 11 is 0. The molecule has 102 valence electrons. The van der Waals surface area contributed by atoms with Crippen molar-refractivity contribution in [1.29, 1.82) is 0 Å². The third kappa shape index (κ3) is 3.27. The van der Waals surface area contributed by atoms with Gasteiger partial charge < -0.3 is 10.2 Å². The lowest BCUT2D eigenvalue weighted by atomic mass is 10.0. The van der Waals surface area contributed by atoms with Gasteiger partial charge in [-0.15, -0.1) is 5.10 Å². The van der Waals surface area contributed by atoms with Crippen LogP contribution in [0.5, 0.6) is 0 Å². The second kappa shape index (κ2) is 6.08. The van der Waals surface area contributed by atoms with Gasteiger partial charge in [-0.25, -0.2) is 4.68 Å². The molecule has 1 unspecified atom stereocenters. The van der Waals surface area contributed by atoms with Crippen molar-refractivity contribution in [2.75, 3.05) is 32.7 Å². The Morgan fingerprint density at radius 2 is 2.21 bits per heavy atom. The van der Waals surface area contributed by atoms with Gasteiger partial charge in [-0.05, 0) is 28.8 Å². The SMILES string of the molecule is C1=CC(CCN2CCNCC2)=CC(n2cnnn2)C1. The number of allylic oxidation sites excluding steroid dienone is 3. The average Bonchev–Trinajstić information content (AvgIpc) is 3.01. The van der Waals surface area contributed by atoms with Crippen LogP contribution in [0.3, 0.4) is 0 Å². The lowest BCUT2D eigenvalue weighted by Gasteiger charge is -2.27. The van der Waals surface area contributed by atoms with Gasteiger partial charge >= 0.3 is 0 Å². The fourth-order valence-corrected chi connectivity index (χ4v) is 2.62. The van der Waals surface area contributed by atoms with Gasteiger partial charge in [0.15, 0.2) is 0 Å². The van der Waals surface area contributed by atoms with E-state index in [0.717, 1.165) is 45.6 Å². The summed E-state index contributed by atoms with van der Waals surface area (Å²) in [4.78, 5) is 2.52. The summed E-state index contributed by atoms with van der Waals surface area (Å²) in [6, 6.07) is 0.276. The number of hydrogen-bond donors (Lipinski definition) is 1. The molecule has 3 rings (SSSR count). The number of hydrogen-bond acceptors (Lipinski definition) is 5. The van der Waals surface area contributed by atoms with Crippen LogP contribution in [0.2, 0.25) is 0 Å². The summed E-state index contributed by atoms with van der Waals surface area (Å²) < 4.78 is 1.83. The van der Waals surface area contributed by atoms with Crippen molar-refractivity contribution in [2.24, 2.45) is 0 Å². The number of aromatic nitrogens is 4. The fourth-order valence-electron chi connectivity index (χ4n) is 2.62. The predicted molar refractivity (Wildman–Crippen MR) is 72.6 cm³/mol. The lowest BCUT2D eigenvalue weighted by Crippen LogP contribution is -2.43. The quantitative estimate of drug-likeness (QED) is 0.849. The van der Waals surface area contributed by atoms with Gasteiger partial charge in [-0.3, -0.25) is 0 Å². The zero-order chi connectivity index (χ0) is 12.9. The highest BCUT2D eigenvalue weighted by Crippen LogP contribution is 2.22. The van der Waals surface area contributed by atoms with Crippen LogP contribution in [0, 0.1) is 0 Å². The van der Waals surface area contributed by atoms with Crippen molar-refractivity contribution in [1.82, 2.24) is 30.4 Å². The third-order valence-electron chi connectivity index (χ3n) is 3.75. The molecule has 1 saturated heterocycles. The lowest BCUT2D eigenvalue weighted by molar-refractivity contribution is 0.244. The van der Waals surface area contributed by atoms with E-state index >= 15 is 0 Å². The smallest absolute Gasteiger partial charge is 0.138 e. The summed E-state index contributed by atoms with van der Waals surface area (Å²) in [5.41, 5.74) is 1.39. The molecule has 1 aromatic heterocycles. The van der Waals surface area contributed by atoms with Crippen molar-refractivity contribution in [3.8, 4) is 0 Å². The van der Waals surface area contributed by atoms with E-state index < -0.39 is 0 Å². The summed E-state index contributed by atoms with van der Waals surface area (Å²) in [6.07, 6.45) is 10.5. The molecule has 0 radical (unpaired) electrons. The minimum Gasteiger partial charge on any atom is -0.314 e. The average molecular weight is 260 g/mol. The first-order valence-corrected chi connectivity index (χ1v) is 6.94. The van der Waals surface area contributed by atoms with E-state index in [4.69, 9.17) is 0 Å². The third-order valence-corrected chi connectivity index (χ3v) is 3.75. The van der Waals surface area contributed by atoms with E-state index in [1.54, 1.807) is 6.33 Å². The summed E-state index contributed by atoms with van der Waals surface area (Å²) in [5.74, 6) is 0. The second-order valence-electron chi connectivity index (χ2n) is 5.08.